The van der Waals surface area contributed by atoms with Crippen LogP contribution in [0.2, 0.25) is 10.2 Å². The lowest BCUT2D eigenvalue weighted by Crippen LogP contribution is -2.15. The Morgan fingerprint density at radius 3 is 2.74 bits per heavy atom. The molecule has 0 radical (unpaired) electrons. The molecule has 0 aliphatic carbocycles. The van der Waals surface area contributed by atoms with Gasteiger partial charge in [0.25, 0.3) is 5.91 Å². The second kappa shape index (κ2) is 5.98. The number of rotatable bonds is 2. The molecule has 0 saturated heterocycles. The van der Waals surface area contributed by atoms with Crippen LogP contribution in [0, 0.1) is 9.39 Å². The molecule has 2 aromatic rings. The Morgan fingerprint density at radius 2 is 2.05 bits per heavy atom. The second-order valence-corrected chi connectivity index (χ2v) is 5.30. The number of hydrogen-bond acceptors (Lipinski definition) is 3. The normalized spacial score (nSPS) is 10.3. The first-order valence-corrected chi connectivity index (χ1v) is 6.75. The number of halogens is 4. The molecule has 0 aliphatic heterocycles. The molecule has 0 spiro atoms. The highest BCUT2D eigenvalue weighted by Crippen LogP contribution is 2.26. The van der Waals surface area contributed by atoms with Crippen molar-refractivity contribution < 1.29 is 9.18 Å². The number of nitrogens with one attached hydrogen (secondary N) is 1. The maximum Gasteiger partial charge on any atom is 0.257 e. The summed E-state index contributed by atoms with van der Waals surface area (Å²) in [7, 11) is 0. The molecule has 0 unspecified atom stereocenters. The first-order valence-electron chi connectivity index (χ1n) is 4.91. The summed E-state index contributed by atoms with van der Waals surface area (Å²) in [6, 6.07) is 3.83. The third-order valence-electron chi connectivity index (χ3n) is 2.15. The SMILES string of the molecule is O=C(Nc1ncnc(Cl)c1Cl)c1ccc(F)cc1I. The average molecular weight is 412 g/mol. The minimum Gasteiger partial charge on any atom is -0.305 e. The zero-order valence-electron chi connectivity index (χ0n) is 9.12. The van der Waals surface area contributed by atoms with Gasteiger partial charge in [-0.2, -0.15) is 0 Å². The average Bonchev–Trinajstić information content (AvgIpc) is 2.34. The largest absolute Gasteiger partial charge is 0.305 e. The van der Waals surface area contributed by atoms with Gasteiger partial charge in [0.15, 0.2) is 11.0 Å². The summed E-state index contributed by atoms with van der Waals surface area (Å²) in [6.07, 6.45) is 1.18. The lowest BCUT2D eigenvalue weighted by Gasteiger charge is -2.07. The van der Waals surface area contributed by atoms with E-state index in [-0.39, 0.29) is 16.0 Å². The van der Waals surface area contributed by atoms with Gasteiger partial charge in [-0.1, -0.05) is 23.2 Å². The molecule has 0 bridgehead atoms. The van der Waals surface area contributed by atoms with Gasteiger partial charge in [-0.25, -0.2) is 14.4 Å². The van der Waals surface area contributed by atoms with E-state index in [0.29, 0.717) is 9.13 Å². The standard InChI is InChI=1S/C11H5Cl2FIN3O/c12-8-9(13)16-4-17-10(8)18-11(19)6-2-1-5(14)3-7(6)15/h1-4H,(H,16,17,18,19). The number of carbonyl (C=O) groups is 1. The highest BCUT2D eigenvalue weighted by Gasteiger charge is 2.14. The quantitative estimate of drug-likeness (QED) is 0.604. The van der Waals surface area contributed by atoms with Gasteiger partial charge in [0.1, 0.15) is 17.2 Å². The fourth-order valence-corrected chi connectivity index (χ4v) is 2.28. The fourth-order valence-electron chi connectivity index (χ4n) is 1.28. The van der Waals surface area contributed by atoms with E-state index in [1.807, 2.05) is 22.6 Å². The Balaban J connectivity index is 2.28. The van der Waals surface area contributed by atoms with E-state index in [1.165, 1.54) is 24.5 Å². The topological polar surface area (TPSA) is 54.9 Å². The lowest BCUT2D eigenvalue weighted by molar-refractivity contribution is 0.102. The first kappa shape index (κ1) is 14.4. The molecule has 2 rings (SSSR count). The van der Waals surface area contributed by atoms with Crippen LogP contribution in [0.4, 0.5) is 10.2 Å². The molecule has 0 atom stereocenters. The van der Waals surface area contributed by atoms with E-state index in [9.17, 15) is 9.18 Å². The first-order chi connectivity index (χ1) is 8.99. The van der Waals surface area contributed by atoms with Gasteiger partial charge in [0.2, 0.25) is 0 Å². The van der Waals surface area contributed by atoms with Gasteiger partial charge in [-0.15, -0.1) is 0 Å². The van der Waals surface area contributed by atoms with E-state index >= 15 is 0 Å². The molecule has 0 saturated carbocycles. The molecule has 19 heavy (non-hydrogen) atoms. The third kappa shape index (κ3) is 3.31. The van der Waals surface area contributed by atoms with Gasteiger partial charge in [-0.05, 0) is 40.8 Å². The Kier molecular flexibility index (Phi) is 4.54. The number of aromatic nitrogens is 2. The fraction of sp³-hybridized carbons (Fsp3) is 0. The predicted molar refractivity (Wildman–Crippen MR) is 79.1 cm³/mol. The molecule has 1 heterocycles. The van der Waals surface area contributed by atoms with E-state index in [2.05, 4.69) is 15.3 Å². The number of nitrogens with zero attached hydrogens (tertiary/aromatic N) is 2. The molecule has 1 amide bonds. The van der Waals surface area contributed by atoms with Crippen LogP contribution in [0.5, 0.6) is 0 Å². The van der Waals surface area contributed by atoms with Crippen molar-refractivity contribution in [2.75, 3.05) is 5.32 Å². The number of hydrogen-bond donors (Lipinski definition) is 1. The van der Waals surface area contributed by atoms with Crippen molar-refractivity contribution in [1.29, 1.82) is 0 Å². The van der Waals surface area contributed by atoms with Crippen LogP contribution >= 0.6 is 45.8 Å². The van der Waals surface area contributed by atoms with Gasteiger partial charge in [-0.3, -0.25) is 4.79 Å². The Bertz CT molecular complexity index is 654. The van der Waals surface area contributed by atoms with E-state index in [0.717, 1.165) is 0 Å². The summed E-state index contributed by atoms with van der Waals surface area (Å²) < 4.78 is 13.4. The summed E-state index contributed by atoms with van der Waals surface area (Å²) in [5, 5.41) is 2.59. The van der Waals surface area contributed by atoms with Crippen LogP contribution in [0.1, 0.15) is 10.4 Å². The van der Waals surface area contributed by atoms with Gasteiger partial charge >= 0.3 is 0 Å². The molecule has 98 valence electrons. The van der Waals surface area contributed by atoms with E-state index in [1.54, 1.807) is 0 Å². The maximum atomic E-state index is 13.0. The molecule has 1 aromatic heterocycles. The van der Waals surface area contributed by atoms with E-state index < -0.39 is 11.7 Å². The van der Waals surface area contributed by atoms with Crippen LogP contribution in [-0.4, -0.2) is 15.9 Å². The Morgan fingerprint density at radius 1 is 1.32 bits per heavy atom. The molecule has 1 aromatic carbocycles. The summed E-state index contributed by atoms with van der Waals surface area (Å²) in [5.74, 6) is -0.767. The van der Waals surface area contributed by atoms with Crippen molar-refractivity contribution in [2.45, 2.75) is 0 Å². The summed E-state index contributed by atoms with van der Waals surface area (Å²) >= 11 is 13.4. The molecule has 4 nitrogen and oxygen atoms in total. The third-order valence-corrected chi connectivity index (χ3v) is 3.79. The van der Waals surface area contributed by atoms with Crippen LogP contribution in [0.3, 0.4) is 0 Å². The van der Waals surface area contributed by atoms with Crippen molar-refractivity contribution in [3.63, 3.8) is 0 Å². The van der Waals surface area contributed by atoms with Gasteiger partial charge in [0.05, 0.1) is 5.56 Å². The molecule has 1 N–H and O–H groups in total. The number of anilines is 1. The Hall–Kier alpha value is -0.990. The molecule has 0 aliphatic rings. The maximum absolute atomic E-state index is 13.0. The van der Waals surface area contributed by atoms with Gasteiger partial charge in [0, 0.05) is 3.57 Å². The minimum absolute atomic E-state index is 0.0424. The highest BCUT2D eigenvalue weighted by atomic mass is 127. The van der Waals surface area contributed by atoms with E-state index in [4.69, 9.17) is 23.2 Å². The van der Waals surface area contributed by atoms with Crippen LogP contribution in [-0.2, 0) is 0 Å². The molecular formula is C11H5Cl2FIN3O. The van der Waals surface area contributed by atoms with Crippen LogP contribution in [0.25, 0.3) is 0 Å². The molecular weight excluding hydrogens is 407 g/mol. The zero-order valence-corrected chi connectivity index (χ0v) is 12.8. The Labute approximate surface area is 131 Å². The summed E-state index contributed by atoms with van der Waals surface area (Å²) in [5.41, 5.74) is 0.313. The van der Waals surface area contributed by atoms with Gasteiger partial charge < -0.3 is 5.32 Å². The van der Waals surface area contributed by atoms with Crippen molar-refractivity contribution >= 4 is 57.5 Å². The smallest absolute Gasteiger partial charge is 0.257 e. The van der Waals surface area contributed by atoms with Crippen molar-refractivity contribution in [3.05, 3.63) is 49.7 Å². The summed E-state index contributed by atoms with van der Waals surface area (Å²) in [4.78, 5) is 19.5. The zero-order chi connectivity index (χ0) is 14.0. The second-order valence-electron chi connectivity index (χ2n) is 3.41. The van der Waals surface area contributed by atoms with Crippen molar-refractivity contribution in [2.24, 2.45) is 0 Å². The summed E-state index contributed by atoms with van der Waals surface area (Å²) in [6.45, 7) is 0. The predicted octanol–water partition coefficient (Wildman–Crippen LogP) is 3.78. The number of amides is 1. The number of carbonyl (C=O) groups excluding carboxylic acids is 1. The lowest BCUT2D eigenvalue weighted by atomic mass is 10.2. The van der Waals surface area contributed by atoms with Crippen LogP contribution < -0.4 is 5.32 Å². The monoisotopic (exact) mass is 411 g/mol. The van der Waals surface area contributed by atoms with Crippen molar-refractivity contribution in [3.8, 4) is 0 Å². The van der Waals surface area contributed by atoms with Crippen LogP contribution in [0.15, 0.2) is 24.5 Å². The minimum atomic E-state index is -0.457. The highest BCUT2D eigenvalue weighted by molar-refractivity contribution is 14.1. The number of benzene rings is 1. The molecule has 0 fully saturated rings. The van der Waals surface area contributed by atoms with Crippen molar-refractivity contribution in [1.82, 2.24) is 9.97 Å². The molecule has 8 heteroatoms.